The molecule has 0 aromatic heterocycles. The first-order valence-corrected chi connectivity index (χ1v) is 7.74. The van der Waals surface area contributed by atoms with E-state index in [0.29, 0.717) is 0 Å². The lowest BCUT2D eigenvalue weighted by Gasteiger charge is -2.09. The Kier molecular flexibility index (Phi) is 10.9. The summed E-state index contributed by atoms with van der Waals surface area (Å²) in [6, 6.07) is 7.92. The molecule has 0 saturated carbocycles. The molecule has 0 spiro atoms. The number of amides is 1. The molecular formula is C14H26N2O3S. The van der Waals surface area contributed by atoms with Crippen molar-refractivity contribution in [2.75, 3.05) is 6.54 Å². The van der Waals surface area contributed by atoms with Gasteiger partial charge in [-0.15, -0.1) is 0 Å². The molecule has 0 atom stereocenters. The zero-order valence-electron chi connectivity index (χ0n) is 11.8. The molecule has 6 heteroatoms. The van der Waals surface area contributed by atoms with Gasteiger partial charge in [0.05, 0.1) is 11.4 Å². The third-order valence-electron chi connectivity index (χ3n) is 1.93. The average molecular weight is 302 g/mol. The van der Waals surface area contributed by atoms with Crippen LogP contribution in [0.4, 0.5) is 0 Å². The third kappa shape index (κ3) is 7.91. The van der Waals surface area contributed by atoms with Crippen molar-refractivity contribution in [2.24, 2.45) is 0 Å². The van der Waals surface area contributed by atoms with Crippen LogP contribution in [0.2, 0.25) is 0 Å². The second-order valence-corrected chi connectivity index (χ2v) is 5.63. The van der Waals surface area contributed by atoms with Crippen LogP contribution >= 0.6 is 0 Å². The molecular weight excluding hydrogens is 276 g/mol. The summed E-state index contributed by atoms with van der Waals surface area (Å²) >= 11 is 0. The van der Waals surface area contributed by atoms with Crippen molar-refractivity contribution in [3.63, 3.8) is 0 Å². The Labute approximate surface area is 122 Å². The molecule has 5 nitrogen and oxygen atoms in total. The Morgan fingerprint density at radius 1 is 1.15 bits per heavy atom. The molecule has 0 bridgehead atoms. The van der Waals surface area contributed by atoms with Gasteiger partial charge >= 0.3 is 0 Å². The van der Waals surface area contributed by atoms with Gasteiger partial charge < -0.3 is 5.32 Å². The van der Waals surface area contributed by atoms with Gasteiger partial charge in [0.25, 0.3) is 0 Å². The van der Waals surface area contributed by atoms with Gasteiger partial charge in [-0.2, -0.15) is 0 Å². The van der Waals surface area contributed by atoms with Crippen molar-refractivity contribution in [1.29, 1.82) is 0 Å². The standard InChI is InChI=1S/C11H16N2O3S.C2H6.CH4/c1-9(2)13-11(14)8-12-17(15,16)10-6-4-3-5-7-10;1-2;/h3-7,9,12H,8H2,1-2H3,(H,13,14);1-2H3;1H4. The van der Waals surface area contributed by atoms with Crippen molar-refractivity contribution in [2.45, 2.75) is 46.1 Å². The second kappa shape index (κ2) is 10.4. The molecule has 1 rings (SSSR count). The predicted octanol–water partition coefficient (Wildman–Crippen LogP) is 2.15. The van der Waals surface area contributed by atoms with E-state index in [4.69, 9.17) is 0 Å². The van der Waals surface area contributed by atoms with Crippen LogP contribution < -0.4 is 10.0 Å². The minimum absolute atomic E-state index is 0. The lowest BCUT2D eigenvalue weighted by molar-refractivity contribution is -0.120. The van der Waals surface area contributed by atoms with E-state index in [2.05, 4.69) is 10.0 Å². The highest BCUT2D eigenvalue weighted by atomic mass is 32.2. The molecule has 1 aromatic rings. The Hall–Kier alpha value is -1.40. The maximum atomic E-state index is 11.7. The van der Waals surface area contributed by atoms with Crippen LogP contribution in [0.15, 0.2) is 35.2 Å². The van der Waals surface area contributed by atoms with Gasteiger partial charge in [-0.25, -0.2) is 13.1 Å². The maximum absolute atomic E-state index is 11.7. The summed E-state index contributed by atoms with van der Waals surface area (Å²) in [4.78, 5) is 11.4. The first kappa shape index (κ1) is 20.9. The van der Waals surface area contributed by atoms with Gasteiger partial charge in [-0.05, 0) is 26.0 Å². The minimum Gasteiger partial charge on any atom is -0.353 e. The molecule has 0 aliphatic rings. The Morgan fingerprint density at radius 2 is 1.65 bits per heavy atom. The van der Waals surface area contributed by atoms with Crippen molar-refractivity contribution in [1.82, 2.24) is 10.0 Å². The molecule has 0 heterocycles. The van der Waals surface area contributed by atoms with E-state index in [-0.39, 0.29) is 30.8 Å². The van der Waals surface area contributed by atoms with Gasteiger partial charge in [0, 0.05) is 6.04 Å². The monoisotopic (exact) mass is 302 g/mol. The van der Waals surface area contributed by atoms with E-state index in [1.54, 1.807) is 18.2 Å². The molecule has 2 N–H and O–H groups in total. The number of sulfonamides is 1. The number of carbonyl (C=O) groups excluding carboxylic acids is 1. The maximum Gasteiger partial charge on any atom is 0.241 e. The molecule has 0 aliphatic carbocycles. The van der Waals surface area contributed by atoms with Gasteiger partial charge in [-0.3, -0.25) is 4.79 Å². The summed E-state index contributed by atoms with van der Waals surface area (Å²) in [7, 11) is -3.60. The van der Waals surface area contributed by atoms with E-state index in [0.717, 1.165) is 0 Å². The van der Waals surface area contributed by atoms with Crippen LogP contribution in [0.3, 0.4) is 0 Å². The lowest BCUT2D eigenvalue weighted by Crippen LogP contribution is -2.39. The summed E-state index contributed by atoms with van der Waals surface area (Å²) in [6.45, 7) is 7.36. The zero-order chi connectivity index (χ0) is 14.9. The number of hydrogen-bond acceptors (Lipinski definition) is 3. The fourth-order valence-corrected chi connectivity index (χ4v) is 2.22. The number of hydrogen-bond donors (Lipinski definition) is 2. The summed E-state index contributed by atoms with van der Waals surface area (Å²) in [6.07, 6.45) is 0. The van der Waals surface area contributed by atoms with Crippen molar-refractivity contribution in [3.05, 3.63) is 30.3 Å². The van der Waals surface area contributed by atoms with E-state index < -0.39 is 10.0 Å². The Morgan fingerprint density at radius 3 is 2.10 bits per heavy atom. The molecule has 1 amide bonds. The molecule has 116 valence electrons. The van der Waals surface area contributed by atoms with Gasteiger partial charge in [0.2, 0.25) is 15.9 Å². The molecule has 0 fully saturated rings. The number of benzene rings is 1. The first-order chi connectivity index (χ1) is 8.92. The van der Waals surface area contributed by atoms with Crippen LogP contribution in [0, 0.1) is 0 Å². The van der Waals surface area contributed by atoms with E-state index >= 15 is 0 Å². The summed E-state index contributed by atoms with van der Waals surface area (Å²) in [5, 5.41) is 2.60. The Bertz CT molecular complexity index is 470. The van der Waals surface area contributed by atoms with E-state index in [1.807, 2.05) is 27.7 Å². The van der Waals surface area contributed by atoms with Crippen molar-refractivity contribution >= 4 is 15.9 Å². The van der Waals surface area contributed by atoms with Crippen molar-refractivity contribution in [3.8, 4) is 0 Å². The SMILES string of the molecule is C.CC.CC(C)NC(=O)CNS(=O)(=O)c1ccccc1. The highest BCUT2D eigenvalue weighted by Crippen LogP contribution is 2.06. The predicted molar refractivity (Wildman–Crippen MR) is 83.0 cm³/mol. The summed E-state index contributed by atoms with van der Waals surface area (Å²) in [5.41, 5.74) is 0. The highest BCUT2D eigenvalue weighted by molar-refractivity contribution is 7.89. The minimum atomic E-state index is -3.60. The second-order valence-electron chi connectivity index (χ2n) is 3.86. The van der Waals surface area contributed by atoms with Crippen LogP contribution in [0.25, 0.3) is 0 Å². The molecule has 1 aromatic carbocycles. The highest BCUT2D eigenvalue weighted by Gasteiger charge is 2.14. The van der Waals surface area contributed by atoms with Gasteiger partial charge in [0.15, 0.2) is 0 Å². The first-order valence-electron chi connectivity index (χ1n) is 6.26. The summed E-state index contributed by atoms with van der Waals surface area (Å²) < 4.78 is 25.7. The third-order valence-corrected chi connectivity index (χ3v) is 3.34. The zero-order valence-corrected chi connectivity index (χ0v) is 12.6. The molecule has 0 aliphatic heterocycles. The molecule has 20 heavy (non-hydrogen) atoms. The van der Waals surface area contributed by atoms with E-state index in [9.17, 15) is 13.2 Å². The van der Waals surface area contributed by atoms with Crippen LogP contribution in [-0.4, -0.2) is 26.9 Å². The fourth-order valence-electron chi connectivity index (χ4n) is 1.22. The fraction of sp³-hybridized carbons (Fsp3) is 0.500. The summed E-state index contributed by atoms with van der Waals surface area (Å²) in [5.74, 6) is -0.348. The number of rotatable bonds is 5. The molecule has 0 saturated heterocycles. The van der Waals surface area contributed by atoms with E-state index in [1.165, 1.54) is 12.1 Å². The molecule has 0 radical (unpaired) electrons. The lowest BCUT2D eigenvalue weighted by atomic mass is 10.4. The van der Waals surface area contributed by atoms with Gasteiger partial charge in [0.1, 0.15) is 0 Å². The van der Waals surface area contributed by atoms with Crippen LogP contribution in [0.5, 0.6) is 0 Å². The van der Waals surface area contributed by atoms with Crippen LogP contribution in [-0.2, 0) is 14.8 Å². The van der Waals surface area contributed by atoms with Crippen molar-refractivity contribution < 1.29 is 13.2 Å². The average Bonchev–Trinajstić information content (AvgIpc) is 2.39. The quantitative estimate of drug-likeness (QED) is 0.875. The topological polar surface area (TPSA) is 75.3 Å². The largest absolute Gasteiger partial charge is 0.353 e. The van der Waals surface area contributed by atoms with Crippen LogP contribution in [0.1, 0.15) is 35.1 Å². The molecule has 0 unspecified atom stereocenters. The smallest absolute Gasteiger partial charge is 0.241 e. The Balaban J connectivity index is 0. The van der Waals surface area contributed by atoms with Gasteiger partial charge in [-0.1, -0.05) is 39.5 Å². The number of nitrogens with one attached hydrogen (secondary N) is 2. The normalized spacial score (nSPS) is 10.1. The number of carbonyl (C=O) groups is 1.